The Balaban J connectivity index is 1.59. The van der Waals surface area contributed by atoms with Crippen LogP contribution in [-0.4, -0.2) is 50.3 Å². The zero-order valence-corrected chi connectivity index (χ0v) is 22.5. The molecule has 1 saturated heterocycles. The van der Waals surface area contributed by atoms with E-state index in [-0.39, 0.29) is 32.0 Å². The number of rotatable bonds is 9. The van der Waals surface area contributed by atoms with Gasteiger partial charge in [-0.05, 0) is 54.8 Å². The molecule has 4 rings (SSSR count). The van der Waals surface area contributed by atoms with E-state index in [9.17, 15) is 22.0 Å². The second-order valence-corrected chi connectivity index (χ2v) is 12.0. The van der Waals surface area contributed by atoms with E-state index in [1.807, 2.05) is 30.3 Å². The Morgan fingerprint density at radius 2 is 1.79 bits per heavy atom. The fourth-order valence-corrected chi connectivity index (χ4v) is 6.44. The summed E-state index contributed by atoms with van der Waals surface area (Å²) >= 11 is 5.97. The minimum Gasteiger partial charge on any atom is -0.493 e. The Hall–Kier alpha value is -3.01. The van der Waals surface area contributed by atoms with E-state index in [2.05, 4.69) is 0 Å². The molecular formula is C28H29ClF2N2O4S. The monoisotopic (exact) mass is 562 g/mol. The van der Waals surface area contributed by atoms with Gasteiger partial charge in [-0.1, -0.05) is 41.9 Å². The summed E-state index contributed by atoms with van der Waals surface area (Å²) < 4.78 is 61.9. The number of sulfonamides is 1. The van der Waals surface area contributed by atoms with Gasteiger partial charge in [-0.2, -0.15) is 4.31 Å². The van der Waals surface area contributed by atoms with Crippen molar-refractivity contribution in [3.63, 3.8) is 0 Å². The molecule has 0 spiro atoms. The predicted molar refractivity (Wildman–Crippen MR) is 141 cm³/mol. The number of piperidine rings is 1. The van der Waals surface area contributed by atoms with Crippen LogP contribution in [0.4, 0.5) is 8.78 Å². The molecule has 1 aliphatic heterocycles. The van der Waals surface area contributed by atoms with E-state index < -0.39 is 32.0 Å². The van der Waals surface area contributed by atoms with Gasteiger partial charge in [0.25, 0.3) is 0 Å². The number of benzene rings is 3. The zero-order valence-electron chi connectivity index (χ0n) is 20.9. The van der Waals surface area contributed by atoms with Gasteiger partial charge in [-0.3, -0.25) is 4.79 Å². The van der Waals surface area contributed by atoms with Crippen molar-refractivity contribution in [2.45, 2.75) is 30.7 Å². The highest BCUT2D eigenvalue weighted by Gasteiger charge is 2.43. The number of ether oxygens (including phenoxy) is 1. The molecule has 0 radical (unpaired) electrons. The van der Waals surface area contributed by atoms with Gasteiger partial charge in [0.2, 0.25) is 15.9 Å². The molecular weight excluding hydrogens is 534 g/mol. The van der Waals surface area contributed by atoms with Gasteiger partial charge in [-0.15, -0.1) is 0 Å². The van der Waals surface area contributed by atoms with Crippen molar-refractivity contribution in [1.29, 1.82) is 0 Å². The molecule has 1 atom stereocenters. The molecule has 6 nitrogen and oxygen atoms in total. The second-order valence-electron chi connectivity index (χ2n) is 9.67. The fourth-order valence-electron chi connectivity index (χ4n) is 4.67. The number of carbonyl (C=O) groups is 1. The van der Waals surface area contributed by atoms with Crippen LogP contribution in [0, 0.1) is 17.0 Å². The zero-order chi connectivity index (χ0) is 27.3. The molecule has 38 heavy (non-hydrogen) atoms. The maximum absolute atomic E-state index is 14.5. The molecule has 0 bridgehead atoms. The molecule has 0 unspecified atom stereocenters. The minimum absolute atomic E-state index is 0.0296. The molecule has 1 amide bonds. The van der Waals surface area contributed by atoms with Crippen LogP contribution in [0.25, 0.3) is 0 Å². The average molecular weight is 563 g/mol. The van der Waals surface area contributed by atoms with E-state index in [1.54, 1.807) is 36.2 Å². The molecule has 0 aliphatic carbocycles. The lowest BCUT2D eigenvalue weighted by Crippen LogP contribution is -2.50. The Morgan fingerprint density at radius 1 is 1.08 bits per heavy atom. The lowest BCUT2D eigenvalue weighted by Gasteiger charge is -2.42. The van der Waals surface area contributed by atoms with E-state index in [0.717, 1.165) is 17.7 Å². The van der Waals surface area contributed by atoms with Crippen LogP contribution >= 0.6 is 11.6 Å². The van der Waals surface area contributed by atoms with Gasteiger partial charge in [0.1, 0.15) is 22.3 Å². The molecule has 0 aromatic heterocycles. The van der Waals surface area contributed by atoms with Gasteiger partial charge in [0.15, 0.2) is 0 Å². The first-order valence-corrected chi connectivity index (χ1v) is 14.0. The number of hydrogen-bond acceptors (Lipinski definition) is 4. The Morgan fingerprint density at radius 3 is 2.47 bits per heavy atom. The lowest BCUT2D eigenvalue weighted by atomic mass is 9.78. The smallest absolute Gasteiger partial charge is 0.246 e. The maximum atomic E-state index is 14.5. The summed E-state index contributed by atoms with van der Waals surface area (Å²) in [4.78, 5) is 14.4. The van der Waals surface area contributed by atoms with Gasteiger partial charge in [0.05, 0.1) is 6.61 Å². The van der Waals surface area contributed by atoms with E-state index in [1.165, 1.54) is 4.31 Å². The van der Waals surface area contributed by atoms with Crippen LogP contribution in [0.1, 0.15) is 24.8 Å². The fraction of sp³-hybridized carbons (Fsp3) is 0.321. The maximum Gasteiger partial charge on any atom is 0.246 e. The standard InChI is InChI=1S/C28H29ClF2N2O4S/c1-32(18-21-6-3-2-4-7-21)27(34)17-28(20-37-24-11-8-22(29)9-12-24)14-5-15-33(19-28)38(35,36)26-13-10-23(30)16-25(26)31/h2-4,6-13,16H,5,14-15,17-20H2,1H3/t28-/m0/s1. The quantitative estimate of drug-likeness (QED) is 0.345. The predicted octanol–water partition coefficient (Wildman–Crippen LogP) is 5.52. The SMILES string of the molecule is CN(Cc1ccccc1)C(=O)C[C@@]1(COc2ccc(Cl)cc2)CCCN(S(=O)(=O)c2ccc(F)cc2F)C1. The first-order chi connectivity index (χ1) is 18.1. The third-order valence-electron chi connectivity index (χ3n) is 6.71. The normalized spacial score (nSPS) is 18.2. The summed E-state index contributed by atoms with van der Waals surface area (Å²) in [5, 5.41) is 0.543. The van der Waals surface area contributed by atoms with Crippen molar-refractivity contribution in [2.24, 2.45) is 5.41 Å². The first kappa shape index (κ1) is 28.0. The number of carbonyl (C=O) groups excluding carboxylic acids is 1. The Labute approximate surface area is 226 Å². The minimum atomic E-state index is -4.28. The summed E-state index contributed by atoms with van der Waals surface area (Å²) in [5.74, 6) is -1.65. The summed E-state index contributed by atoms with van der Waals surface area (Å²) in [6.45, 7) is 0.564. The molecule has 0 N–H and O–H groups in total. The Bertz CT molecular complexity index is 1370. The van der Waals surface area contributed by atoms with E-state index >= 15 is 0 Å². The highest BCUT2D eigenvalue weighted by atomic mass is 35.5. The van der Waals surface area contributed by atoms with Crippen molar-refractivity contribution < 1.29 is 26.7 Å². The van der Waals surface area contributed by atoms with Crippen LogP contribution in [0.2, 0.25) is 5.02 Å². The largest absolute Gasteiger partial charge is 0.493 e. The summed E-state index contributed by atoms with van der Waals surface area (Å²) in [5.41, 5.74) is 0.0955. The number of hydrogen-bond donors (Lipinski definition) is 0. The number of halogens is 3. The van der Waals surface area contributed by atoms with Gasteiger partial charge in [0, 0.05) is 49.6 Å². The van der Waals surface area contributed by atoms with Crippen molar-refractivity contribution in [2.75, 3.05) is 26.7 Å². The summed E-state index contributed by atoms with van der Waals surface area (Å²) in [7, 11) is -2.58. The van der Waals surface area contributed by atoms with Crippen molar-refractivity contribution >= 4 is 27.5 Å². The number of nitrogens with zero attached hydrogens (tertiary/aromatic N) is 2. The van der Waals surface area contributed by atoms with Gasteiger partial charge in [-0.25, -0.2) is 17.2 Å². The van der Waals surface area contributed by atoms with Crippen LogP contribution in [0.15, 0.2) is 77.7 Å². The van der Waals surface area contributed by atoms with Crippen LogP contribution in [0.3, 0.4) is 0 Å². The van der Waals surface area contributed by atoms with Crippen LogP contribution in [-0.2, 0) is 21.4 Å². The highest BCUT2D eigenvalue weighted by molar-refractivity contribution is 7.89. The number of amides is 1. The topological polar surface area (TPSA) is 66.9 Å². The van der Waals surface area contributed by atoms with Gasteiger partial charge < -0.3 is 9.64 Å². The average Bonchev–Trinajstić information content (AvgIpc) is 2.89. The van der Waals surface area contributed by atoms with Crippen molar-refractivity contribution in [1.82, 2.24) is 9.21 Å². The first-order valence-electron chi connectivity index (χ1n) is 12.2. The highest BCUT2D eigenvalue weighted by Crippen LogP contribution is 2.38. The van der Waals surface area contributed by atoms with Crippen LogP contribution < -0.4 is 4.74 Å². The molecule has 3 aromatic carbocycles. The second kappa shape index (κ2) is 11.8. The molecule has 202 valence electrons. The van der Waals surface area contributed by atoms with Crippen molar-refractivity contribution in [3.05, 3.63) is 95.0 Å². The van der Waals surface area contributed by atoms with E-state index in [0.29, 0.717) is 36.2 Å². The molecule has 1 heterocycles. The molecule has 0 saturated carbocycles. The van der Waals surface area contributed by atoms with Crippen LogP contribution in [0.5, 0.6) is 5.75 Å². The summed E-state index contributed by atoms with van der Waals surface area (Å²) in [6, 6.07) is 18.7. The van der Waals surface area contributed by atoms with E-state index in [4.69, 9.17) is 16.3 Å². The molecule has 3 aromatic rings. The van der Waals surface area contributed by atoms with Gasteiger partial charge >= 0.3 is 0 Å². The molecule has 10 heteroatoms. The Kier molecular flexibility index (Phi) is 8.70. The third-order valence-corrected chi connectivity index (χ3v) is 8.84. The van der Waals surface area contributed by atoms with Crippen molar-refractivity contribution in [3.8, 4) is 5.75 Å². The summed E-state index contributed by atoms with van der Waals surface area (Å²) in [6.07, 6.45) is 1.01. The third kappa shape index (κ3) is 6.70. The lowest BCUT2D eigenvalue weighted by molar-refractivity contribution is -0.134. The molecule has 1 fully saturated rings. The molecule has 1 aliphatic rings.